The van der Waals surface area contributed by atoms with Gasteiger partial charge in [0.2, 0.25) is 0 Å². The first-order valence-corrected chi connectivity index (χ1v) is 8.69. The Morgan fingerprint density at radius 1 is 1.21 bits per heavy atom. The van der Waals surface area contributed by atoms with Crippen LogP contribution < -0.4 is 5.32 Å². The lowest BCUT2D eigenvalue weighted by molar-refractivity contribution is -0.385. The molecule has 0 saturated heterocycles. The normalized spacial score (nSPS) is 11.8. The van der Waals surface area contributed by atoms with E-state index in [0.29, 0.717) is 5.56 Å². The fourth-order valence-electron chi connectivity index (χ4n) is 2.64. The molecule has 0 aliphatic rings. The van der Waals surface area contributed by atoms with Crippen LogP contribution in [0.1, 0.15) is 47.8 Å². The Bertz CT molecular complexity index is 898. The van der Waals surface area contributed by atoms with Crippen molar-refractivity contribution in [3.05, 3.63) is 75.1 Å². The summed E-state index contributed by atoms with van der Waals surface area (Å²) in [7, 11) is 0. The average Bonchev–Trinajstić information content (AvgIpc) is 2.62. The molecule has 0 aliphatic carbocycles. The van der Waals surface area contributed by atoms with Gasteiger partial charge in [-0.25, -0.2) is 4.39 Å². The third-order valence-electron chi connectivity index (χ3n) is 3.99. The summed E-state index contributed by atoms with van der Waals surface area (Å²) >= 11 is 0. The minimum atomic E-state index is -1.01. The maximum absolute atomic E-state index is 13.8. The molecule has 0 saturated carbocycles. The second-order valence-electron chi connectivity index (χ2n) is 6.55. The van der Waals surface area contributed by atoms with Gasteiger partial charge in [-0.15, -0.1) is 0 Å². The van der Waals surface area contributed by atoms with Crippen molar-refractivity contribution in [1.29, 1.82) is 0 Å². The number of carbonyl (C=O) groups excluding carboxylic acids is 2. The second-order valence-corrected chi connectivity index (χ2v) is 6.55. The summed E-state index contributed by atoms with van der Waals surface area (Å²) in [5.74, 6) is -1.82. The van der Waals surface area contributed by atoms with Crippen LogP contribution in [0.2, 0.25) is 0 Å². The molecule has 0 aliphatic heterocycles. The first kappa shape index (κ1) is 21.0. The predicted molar refractivity (Wildman–Crippen MR) is 100 cm³/mol. The zero-order valence-corrected chi connectivity index (χ0v) is 15.8. The molecular formula is C20H21FN2O5. The van der Waals surface area contributed by atoms with Gasteiger partial charge in [0.1, 0.15) is 5.82 Å². The van der Waals surface area contributed by atoms with E-state index in [-0.39, 0.29) is 29.3 Å². The number of halogens is 1. The van der Waals surface area contributed by atoms with Crippen molar-refractivity contribution in [2.75, 3.05) is 0 Å². The van der Waals surface area contributed by atoms with E-state index < -0.39 is 28.7 Å². The first-order valence-electron chi connectivity index (χ1n) is 8.69. The number of nitrogens with zero attached hydrogens (tertiary/aromatic N) is 1. The highest BCUT2D eigenvalue weighted by Gasteiger charge is 2.27. The summed E-state index contributed by atoms with van der Waals surface area (Å²) in [4.78, 5) is 35.5. The van der Waals surface area contributed by atoms with Crippen LogP contribution in [0, 0.1) is 22.9 Å². The van der Waals surface area contributed by atoms with Crippen LogP contribution in [0.3, 0.4) is 0 Å². The Labute approximate surface area is 161 Å². The molecule has 1 unspecified atom stereocenters. The highest BCUT2D eigenvalue weighted by atomic mass is 19.1. The number of hydrogen-bond donors (Lipinski definition) is 1. The molecule has 0 fully saturated rings. The van der Waals surface area contributed by atoms with Crippen molar-refractivity contribution in [1.82, 2.24) is 5.32 Å². The highest BCUT2D eigenvalue weighted by Crippen LogP contribution is 2.28. The van der Waals surface area contributed by atoms with Gasteiger partial charge in [-0.1, -0.05) is 24.3 Å². The largest absolute Gasteiger partial charge is 0.463 e. The van der Waals surface area contributed by atoms with Crippen molar-refractivity contribution in [3.63, 3.8) is 0 Å². The van der Waals surface area contributed by atoms with Crippen molar-refractivity contribution in [2.24, 2.45) is 0 Å². The third-order valence-corrected chi connectivity index (χ3v) is 3.99. The van der Waals surface area contributed by atoms with E-state index in [1.54, 1.807) is 26.8 Å². The zero-order valence-electron chi connectivity index (χ0n) is 15.8. The molecule has 0 radical (unpaired) electrons. The SMILES string of the molecule is Cc1ccc(C(=O)NC(CC(=O)OC(C)C)c2ccccc2[N+](=O)[O-])cc1F. The summed E-state index contributed by atoms with van der Waals surface area (Å²) in [6, 6.07) is 8.77. The van der Waals surface area contributed by atoms with E-state index in [2.05, 4.69) is 5.32 Å². The molecule has 0 heterocycles. The van der Waals surface area contributed by atoms with Crippen LogP contribution in [-0.4, -0.2) is 22.9 Å². The topological polar surface area (TPSA) is 98.5 Å². The van der Waals surface area contributed by atoms with Crippen molar-refractivity contribution in [3.8, 4) is 0 Å². The van der Waals surface area contributed by atoms with Crippen molar-refractivity contribution in [2.45, 2.75) is 39.3 Å². The molecule has 1 atom stereocenters. The van der Waals surface area contributed by atoms with Gasteiger partial charge in [0, 0.05) is 11.6 Å². The van der Waals surface area contributed by atoms with Gasteiger partial charge >= 0.3 is 5.97 Å². The smallest absolute Gasteiger partial charge is 0.308 e. The Balaban J connectivity index is 2.35. The van der Waals surface area contributed by atoms with Gasteiger partial charge < -0.3 is 10.1 Å². The molecule has 2 aromatic carbocycles. The van der Waals surface area contributed by atoms with Gasteiger partial charge in [-0.3, -0.25) is 19.7 Å². The van der Waals surface area contributed by atoms with Crippen LogP contribution in [0.4, 0.5) is 10.1 Å². The summed E-state index contributed by atoms with van der Waals surface area (Å²) in [6.07, 6.45) is -0.677. The molecule has 1 amide bonds. The van der Waals surface area contributed by atoms with Crippen LogP contribution in [0.15, 0.2) is 42.5 Å². The number of carbonyl (C=O) groups is 2. The number of nitro benzene ring substituents is 1. The summed E-state index contributed by atoms with van der Waals surface area (Å²) in [5, 5.41) is 13.9. The van der Waals surface area contributed by atoms with Crippen molar-refractivity contribution >= 4 is 17.6 Å². The maximum atomic E-state index is 13.8. The standard InChI is InChI=1S/C20H21FN2O5/c1-12(2)28-19(24)11-17(15-6-4-5-7-18(15)23(26)27)22-20(25)14-9-8-13(3)16(21)10-14/h4-10,12,17H,11H2,1-3H3,(H,22,25). The third kappa shape index (κ3) is 5.35. The predicted octanol–water partition coefficient (Wildman–Crippen LogP) is 3.86. The lowest BCUT2D eigenvalue weighted by atomic mass is 10.0. The number of nitrogens with one attached hydrogen (secondary N) is 1. The number of aryl methyl sites for hydroxylation is 1. The lowest BCUT2D eigenvalue weighted by Gasteiger charge is -2.19. The first-order chi connectivity index (χ1) is 13.2. The summed E-state index contributed by atoms with van der Waals surface area (Å²) in [5.41, 5.74) is 0.352. The Kier molecular flexibility index (Phi) is 6.81. The summed E-state index contributed by atoms with van der Waals surface area (Å²) < 4.78 is 18.9. The quantitative estimate of drug-likeness (QED) is 0.441. The summed E-state index contributed by atoms with van der Waals surface area (Å²) in [6.45, 7) is 4.91. The van der Waals surface area contributed by atoms with Crippen LogP contribution in [0.25, 0.3) is 0 Å². The molecule has 28 heavy (non-hydrogen) atoms. The number of esters is 1. The molecule has 0 spiro atoms. The molecule has 7 nitrogen and oxygen atoms in total. The van der Waals surface area contributed by atoms with E-state index in [1.807, 2.05) is 0 Å². The molecule has 148 valence electrons. The number of nitro groups is 1. The van der Waals surface area contributed by atoms with Crippen LogP contribution >= 0.6 is 0 Å². The highest BCUT2D eigenvalue weighted by molar-refractivity contribution is 5.94. The van der Waals surface area contributed by atoms with Gasteiger partial charge in [0.25, 0.3) is 11.6 Å². The number of para-hydroxylation sites is 1. The maximum Gasteiger partial charge on any atom is 0.308 e. The second kappa shape index (κ2) is 9.07. The van der Waals surface area contributed by atoms with Crippen molar-refractivity contribution < 1.29 is 23.6 Å². The minimum Gasteiger partial charge on any atom is -0.463 e. The number of amides is 1. The fourth-order valence-corrected chi connectivity index (χ4v) is 2.64. The average molecular weight is 388 g/mol. The monoisotopic (exact) mass is 388 g/mol. The van der Waals surface area contributed by atoms with E-state index in [0.717, 1.165) is 6.07 Å². The molecule has 0 aromatic heterocycles. The number of benzene rings is 2. The molecule has 1 N–H and O–H groups in total. The van der Waals surface area contributed by atoms with E-state index in [4.69, 9.17) is 4.74 Å². The van der Waals surface area contributed by atoms with E-state index in [9.17, 15) is 24.1 Å². The number of ether oxygens (including phenoxy) is 1. The van der Waals surface area contributed by atoms with Crippen LogP contribution in [-0.2, 0) is 9.53 Å². The molecular weight excluding hydrogens is 367 g/mol. The lowest BCUT2D eigenvalue weighted by Crippen LogP contribution is -2.31. The Morgan fingerprint density at radius 3 is 2.50 bits per heavy atom. The van der Waals surface area contributed by atoms with Gasteiger partial charge in [0.05, 0.1) is 29.1 Å². The fraction of sp³-hybridized carbons (Fsp3) is 0.300. The molecule has 8 heteroatoms. The minimum absolute atomic E-state index is 0.0453. The van der Waals surface area contributed by atoms with Gasteiger partial charge in [-0.05, 0) is 38.5 Å². The molecule has 0 bridgehead atoms. The van der Waals surface area contributed by atoms with Gasteiger partial charge in [-0.2, -0.15) is 0 Å². The van der Waals surface area contributed by atoms with Crippen LogP contribution in [0.5, 0.6) is 0 Å². The number of rotatable bonds is 7. The van der Waals surface area contributed by atoms with E-state index in [1.165, 1.54) is 30.3 Å². The Morgan fingerprint density at radius 2 is 1.89 bits per heavy atom. The Hall–Kier alpha value is -3.29. The zero-order chi connectivity index (χ0) is 20.8. The number of hydrogen-bond acceptors (Lipinski definition) is 5. The molecule has 2 aromatic rings. The van der Waals surface area contributed by atoms with Gasteiger partial charge in [0.15, 0.2) is 0 Å². The molecule has 2 rings (SSSR count). The van der Waals surface area contributed by atoms with E-state index >= 15 is 0 Å².